The molecular formula is C16H13FO3. The third kappa shape index (κ3) is 3.51. The second kappa shape index (κ2) is 6.10. The maximum Gasteiger partial charge on any atom is 0.303 e. The molecule has 0 unspecified atom stereocenters. The molecule has 2 aromatic rings. The Morgan fingerprint density at radius 2 is 1.65 bits per heavy atom. The van der Waals surface area contributed by atoms with Gasteiger partial charge in [0.05, 0.1) is 6.42 Å². The molecule has 0 atom stereocenters. The van der Waals surface area contributed by atoms with Gasteiger partial charge in [0.15, 0.2) is 5.78 Å². The highest BCUT2D eigenvalue weighted by atomic mass is 19.1. The topological polar surface area (TPSA) is 54.4 Å². The Morgan fingerprint density at radius 1 is 0.950 bits per heavy atom. The van der Waals surface area contributed by atoms with Crippen molar-refractivity contribution in [3.8, 4) is 11.1 Å². The van der Waals surface area contributed by atoms with Gasteiger partial charge in [-0.25, -0.2) is 4.39 Å². The number of carbonyl (C=O) groups excluding carboxylic acids is 1. The number of carbonyl (C=O) groups is 2. The van der Waals surface area contributed by atoms with Crippen LogP contribution in [0.4, 0.5) is 4.39 Å². The first-order valence-corrected chi connectivity index (χ1v) is 6.17. The minimum Gasteiger partial charge on any atom is -0.481 e. The Balaban J connectivity index is 2.14. The second-order valence-corrected chi connectivity index (χ2v) is 4.40. The molecule has 0 aliphatic heterocycles. The van der Waals surface area contributed by atoms with Gasteiger partial charge in [-0.15, -0.1) is 0 Å². The lowest BCUT2D eigenvalue weighted by Crippen LogP contribution is -2.03. The van der Waals surface area contributed by atoms with Gasteiger partial charge in [0.2, 0.25) is 0 Å². The molecule has 0 amide bonds. The average molecular weight is 272 g/mol. The number of benzene rings is 2. The zero-order valence-electron chi connectivity index (χ0n) is 10.7. The summed E-state index contributed by atoms with van der Waals surface area (Å²) in [5, 5.41) is 8.54. The van der Waals surface area contributed by atoms with Gasteiger partial charge in [-0.3, -0.25) is 9.59 Å². The molecule has 0 aliphatic rings. The van der Waals surface area contributed by atoms with Crippen LogP contribution in [-0.2, 0) is 4.79 Å². The zero-order chi connectivity index (χ0) is 14.5. The van der Waals surface area contributed by atoms with Crippen LogP contribution in [-0.4, -0.2) is 16.9 Å². The fourth-order valence-electron chi connectivity index (χ4n) is 1.88. The Hall–Kier alpha value is -2.49. The molecule has 0 bridgehead atoms. The van der Waals surface area contributed by atoms with E-state index >= 15 is 0 Å². The molecule has 0 aliphatic carbocycles. The van der Waals surface area contributed by atoms with E-state index in [-0.39, 0.29) is 24.4 Å². The van der Waals surface area contributed by atoms with E-state index in [9.17, 15) is 14.0 Å². The number of ketones is 1. The normalized spacial score (nSPS) is 10.2. The second-order valence-electron chi connectivity index (χ2n) is 4.40. The number of halogens is 1. The summed E-state index contributed by atoms with van der Waals surface area (Å²) in [5.41, 5.74) is 2.00. The van der Waals surface area contributed by atoms with Crippen molar-refractivity contribution in [2.75, 3.05) is 0 Å². The molecule has 0 heterocycles. The third-order valence-corrected chi connectivity index (χ3v) is 2.93. The van der Waals surface area contributed by atoms with Crippen LogP contribution in [0.5, 0.6) is 0 Å². The summed E-state index contributed by atoms with van der Waals surface area (Å²) in [6, 6.07) is 12.9. The Kier molecular flexibility index (Phi) is 4.25. The van der Waals surface area contributed by atoms with Gasteiger partial charge in [-0.2, -0.15) is 0 Å². The molecule has 4 heteroatoms. The minimum atomic E-state index is -0.991. The van der Waals surface area contributed by atoms with Crippen molar-refractivity contribution < 1.29 is 19.1 Å². The average Bonchev–Trinajstić information content (AvgIpc) is 2.45. The highest BCUT2D eigenvalue weighted by molar-refractivity contribution is 5.97. The van der Waals surface area contributed by atoms with Crippen molar-refractivity contribution in [3.63, 3.8) is 0 Å². The number of hydrogen-bond donors (Lipinski definition) is 1. The summed E-state index contributed by atoms with van der Waals surface area (Å²) in [7, 11) is 0. The van der Waals surface area contributed by atoms with Crippen LogP contribution in [0.1, 0.15) is 23.2 Å². The van der Waals surface area contributed by atoms with Gasteiger partial charge < -0.3 is 5.11 Å². The van der Waals surface area contributed by atoms with Crippen molar-refractivity contribution in [2.24, 2.45) is 0 Å². The molecule has 2 aromatic carbocycles. The maximum absolute atomic E-state index is 13.1. The van der Waals surface area contributed by atoms with Gasteiger partial charge in [-0.05, 0) is 23.3 Å². The molecule has 0 saturated heterocycles. The van der Waals surface area contributed by atoms with E-state index in [2.05, 4.69) is 0 Å². The number of carboxylic acid groups (broad SMARTS) is 1. The van der Waals surface area contributed by atoms with Gasteiger partial charge in [0.1, 0.15) is 5.82 Å². The Labute approximate surface area is 115 Å². The lowest BCUT2D eigenvalue weighted by Gasteiger charge is -2.04. The summed E-state index contributed by atoms with van der Waals surface area (Å²) in [6.45, 7) is 0. The van der Waals surface area contributed by atoms with Crippen LogP contribution in [0.3, 0.4) is 0 Å². The van der Waals surface area contributed by atoms with E-state index in [1.807, 2.05) is 0 Å². The van der Waals surface area contributed by atoms with Gasteiger partial charge >= 0.3 is 5.97 Å². The van der Waals surface area contributed by atoms with Crippen molar-refractivity contribution in [3.05, 3.63) is 59.9 Å². The predicted molar refractivity (Wildman–Crippen MR) is 73.0 cm³/mol. The largest absolute Gasteiger partial charge is 0.481 e. The Morgan fingerprint density at radius 3 is 2.25 bits per heavy atom. The first-order chi connectivity index (χ1) is 9.56. The van der Waals surface area contributed by atoms with E-state index in [1.165, 1.54) is 12.1 Å². The highest BCUT2D eigenvalue weighted by Crippen LogP contribution is 2.21. The number of rotatable bonds is 5. The number of Topliss-reactive ketones (excluding diaryl/α,β-unsaturated/α-hetero) is 1. The van der Waals surface area contributed by atoms with Crippen LogP contribution in [0.2, 0.25) is 0 Å². The quantitative estimate of drug-likeness (QED) is 0.847. The molecule has 0 radical (unpaired) electrons. The van der Waals surface area contributed by atoms with Gasteiger partial charge in [0.25, 0.3) is 0 Å². The standard InChI is InChI=1S/C16H13FO3/c17-14-3-1-2-13(10-14)11-4-6-12(7-5-11)15(18)8-9-16(19)20/h1-7,10H,8-9H2,(H,19,20). The van der Waals surface area contributed by atoms with Gasteiger partial charge in [0, 0.05) is 12.0 Å². The molecule has 0 aromatic heterocycles. The summed E-state index contributed by atoms with van der Waals surface area (Å²) >= 11 is 0. The van der Waals surface area contributed by atoms with Gasteiger partial charge in [-0.1, -0.05) is 36.4 Å². The van der Waals surface area contributed by atoms with Crippen LogP contribution in [0, 0.1) is 5.82 Å². The lowest BCUT2D eigenvalue weighted by atomic mass is 10.0. The molecule has 0 saturated carbocycles. The number of hydrogen-bond acceptors (Lipinski definition) is 2. The van der Waals surface area contributed by atoms with Crippen molar-refractivity contribution in [2.45, 2.75) is 12.8 Å². The lowest BCUT2D eigenvalue weighted by molar-refractivity contribution is -0.136. The smallest absolute Gasteiger partial charge is 0.303 e. The highest BCUT2D eigenvalue weighted by Gasteiger charge is 2.08. The van der Waals surface area contributed by atoms with E-state index in [1.54, 1.807) is 36.4 Å². The van der Waals surface area contributed by atoms with Crippen molar-refractivity contribution in [1.82, 2.24) is 0 Å². The SMILES string of the molecule is O=C(O)CCC(=O)c1ccc(-c2cccc(F)c2)cc1. The predicted octanol–water partition coefficient (Wildman–Crippen LogP) is 3.54. The molecule has 2 rings (SSSR count). The van der Waals surface area contributed by atoms with Crippen molar-refractivity contribution >= 4 is 11.8 Å². The van der Waals surface area contributed by atoms with Crippen LogP contribution in [0.25, 0.3) is 11.1 Å². The van der Waals surface area contributed by atoms with E-state index in [0.717, 1.165) is 11.1 Å². The molecule has 20 heavy (non-hydrogen) atoms. The van der Waals surface area contributed by atoms with E-state index < -0.39 is 5.97 Å². The summed E-state index contributed by atoms with van der Waals surface area (Å²) in [6.07, 6.45) is -0.195. The molecule has 0 fully saturated rings. The summed E-state index contributed by atoms with van der Waals surface area (Å²) in [5.74, 6) is -1.52. The van der Waals surface area contributed by atoms with Crippen molar-refractivity contribution in [1.29, 1.82) is 0 Å². The van der Waals surface area contributed by atoms with Crippen LogP contribution < -0.4 is 0 Å². The first kappa shape index (κ1) is 13.9. The number of carboxylic acids is 1. The molecule has 0 spiro atoms. The molecular weight excluding hydrogens is 259 g/mol. The monoisotopic (exact) mass is 272 g/mol. The summed E-state index contributed by atoms with van der Waals surface area (Å²) < 4.78 is 13.1. The van der Waals surface area contributed by atoms with E-state index in [4.69, 9.17) is 5.11 Å². The molecule has 3 nitrogen and oxygen atoms in total. The third-order valence-electron chi connectivity index (χ3n) is 2.93. The summed E-state index contributed by atoms with van der Waals surface area (Å²) in [4.78, 5) is 22.1. The maximum atomic E-state index is 13.1. The molecule has 1 N–H and O–H groups in total. The first-order valence-electron chi connectivity index (χ1n) is 6.17. The van der Waals surface area contributed by atoms with Crippen LogP contribution in [0.15, 0.2) is 48.5 Å². The zero-order valence-corrected chi connectivity index (χ0v) is 10.7. The fraction of sp³-hybridized carbons (Fsp3) is 0.125. The van der Waals surface area contributed by atoms with Crippen LogP contribution >= 0.6 is 0 Å². The minimum absolute atomic E-state index is 0.0192. The molecule has 102 valence electrons. The van der Waals surface area contributed by atoms with E-state index in [0.29, 0.717) is 5.56 Å². The number of aliphatic carboxylic acids is 1. The Bertz CT molecular complexity index is 632. The fourth-order valence-corrected chi connectivity index (χ4v) is 1.88.